The number of nitrogens with zero attached hydrogens (tertiary/aromatic N) is 3. The zero-order valence-electron chi connectivity index (χ0n) is 32.9. The maximum atomic E-state index is 5.27. The molecule has 0 atom stereocenters. The molecule has 1 aromatic heterocycles. The quantitative estimate of drug-likeness (QED) is 0.170. The van der Waals surface area contributed by atoms with E-state index in [2.05, 4.69) is 208 Å². The smallest absolute Gasteiger partial charge is 0.164 e. The van der Waals surface area contributed by atoms with Gasteiger partial charge in [0.25, 0.3) is 0 Å². The van der Waals surface area contributed by atoms with Crippen LogP contribution in [-0.2, 0) is 5.41 Å². The van der Waals surface area contributed by atoms with Crippen molar-refractivity contribution in [1.29, 1.82) is 0 Å². The van der Waals surface area contributed by atoms with Crippen molar-refractivity contribution in [1.82, 2.24) is 15.0 Å². The van der Waals surface area contributed by atoms with Gasteiger partial charge >= 0.3 is 0 Å². The predicted molar refractivity (Wildman–Crippen MR) is 245 cm³/mol. The van der Waals surface area contributed by atoms with E-state index in [9.17, 15) is 0 Å². The maximum absolute atomic E-state index is 5.27. The van der Waals surface area contributed by atoms with Crippen LogP contribution in [0, 0.1) is 0 Å². The molecular formula is C56H39N3. The van der Waals surface area contributed by atoms with Crippen LogP contribution in [0.25, 0.3) is 100 Å². The van der Waals surface area contributed by atoms with Gasteiger partial charge in [-0.15, -0.1) is 0 Å². The summed E-state index contributed by atoms with van der Waals surface area (Å²) in [6.07, 6.45) is 0. The van der Waals surface area contributed by atoms with E-state index in [0.29, 0.717) is 17.5 Å². The summed E-state index contributed by atoms with van der Waals surface area (Å²) in [5, 5.41) is 4.55. The molecule has 3 heteroatoms. The molecule has 278 valence electrons. The molecule has 11 rings (SSSR count). The Labute approximate surface area is 344 Å². The lowest BCUT2D eigenvalue weighted by Crippen LogP contribution is -2.14. The molecule has 1 heterocycles. The number of hydrogen-bond donors (Lipinski definition) is 0. The van der Waals surface area contributed by atoms with Crippen molar-refractivity contribution < 1.29 is 0 Å². The van der Waals surface area contributed by atoms with Crippen molar-refractivity contribution in [2.24, 2.45) is 0 Å². The molecule has 0 spiro atoms. The number of aromatic nitrogens is 3. The molecule has 0 saturated carbocycles. The Morgan fingerprint density at radius 3 is 1.47 bits per heavy atom. The first kappa shape index (κ1) is 34.7. The molecule has 0 radical (unpaired) electrons. The van der Waals surface area contributed by atoms with E-state index in [1.807, 2.05) is 6.07 Å². The third-order valence-corrected chi connectivity index (χ3v) is 12.2. The Kier molecular flexibility index (Phi) is 8.16. The van der Waals surface area contributed by atoms with Gasteiger partial charge in [-0.2, -0.15) is 0 Å². The summed E-state index contributed by atoms with van der Waals surface area (Å²) >= 11 is 0. The van der Waals surface area contributed by atoms with Crippen LogP contribution < -0.4 is 0 Å². The minimum Gasteiger partial charge on any atom is -0.208 e. The minimum atomic E-state index is -0.0479. The lowest BCUT2D eigenvalue weighted by Gasteiger charge is -2.22. The van der Waals surface area contributed by atoms with Crippen LogP contribution in [0.3, 0.4) is 0 Å². The van der Waals surface area contributed by atoms with Gasteiger partial charge in [-0.25, -0.2) is 15.0 Å². The molecule has 59 heavy (non-hydrogen) atoms. The van der Waals surface area contributed by atoms with E-state index in [1.54, 1.807) is 0 Å². The largest absolute Gasteiger partial charge is 0.208 e. The van der Waals surface area contributed by atoms with Gasteiger partial charge in [-0.05, 0) is 101 Å². The van der Waals surface area contributed by atoms with Crippen molar-refractivity contribution in [2.75, 3.05) is 0 Å². The summed E-state index contributed by atoms with van der Waals surface area (Å²) in [6.45, 7) is 4.67. The van der Waals surface area contributed by atoms with Crippen molar-refractivity contribution in [3.63, 3.8) is 0 Å². The van der Waals surface area contributed by atoms with Crippen molar-refractivity contribution in [3.8, 4) is 78.7 Å². The van der Waals surface area contributed by atoms with Gasteiger partial charge in [-0.1, -0.05) is 190 Å². The third-order valence-electron chi connectivity index (χ3n) is 12.2. The van der Waals surface area contributed by atoms with Crippen LogP contribution in [0.15, 0.2) is 200 Å². The van der Waals surface area contributed by atoms with Gasteiger partial charge in [0.15, 0.2) is 17.5 Å². The molecule has 0 fully saturated rings. The fraction of sp³-hybridized carbons (Fsp3) is 0.0536. The third kappa shape index (κ3) is 5.94. The SMILES string of the molecule is CC1(C)c2ccccc2-c2ccc(-c3ccc4cc(-c5nc(-c6ccccc6-c6ccccc6)nc(-c6ccc(-c7ccccc7)c7ccccc67)n5)ccc4c3)cc21. The Morgan fingerprint density at radius 1 is 0.288 bits per heavy atom. The Morgan fingerprint density at radius 2 is 0.746 bits per heavy atom. The standard InChI is InChI=1S/C56H39N3/c1-56(2)51-24-14-13-22-47(51)48-30-29-41(35-52(48)56)39-25-26-40-34-42(28-27-38(40)33-39)53-57-54(49-23-12-9-19-43(49)36-15-5-3-6-16-36)59-55(58-53)50-32-31-44(37-17-7-4-8-18-37)45-20-10-11-21-46(45)50/h3-35H,1-2H3. The minimum absolute atomic E-state index is 0.0479. The molecule has 0 saturated heterocycles. The second kappa shape index (κ2) is 13.9. The molecule has 9 aromatic carbocycles. The first-order chi connectivity index (χ1) is 29.0. The van der Waals surface area contributed by atoms with Crippen LogP contribution in [0.4, 0.5) is 0 Å². The van der Waals surface area contributed by atoms with E-state index in [-0.39, 0.29) is 5.41 Å². The lowest BCUT2D eigenvalue weighted by atomic mass is 9.81. The molecule has 3 nitrogen and oxygen atoms in total. The number of hydrogen-bond acceptors (Lipinski definition) is 3. The highest BCUT2D eigenvalue weighted by Gasteiger charge is 2.35. The average molecular weight is 754 g/mol. The zero-order chi connectivity index (χ0) is 39.5. The van der Waals surface area contributed by atoms with Crippen molar-refractivity contribution in [3.05, 3.63) is 211 Å². The summed E-state index contributed by atoms with van der Waals surface area (Å²) in [5.41, 5.74) is 15.2. The number of rotatable bonds is 6. The summed E-state index contributed by atoms with van der Waals surface area (Å²) in [5.74, 6) is 1.91. The lowest BCUT2D eigenvalue weighted by molar-refractivity contribution is 0.660. The molecule has 10 aromatic rings. The summed E-state index contributed by atoms with van der Waals surface area (Å²) in [6, 6.07) is 71.4. The highest BCUT2D eigenvalue weighted by atomic mass is 15.0. The van der Waals surface area contributed by atoms with Crippen LogP contribution in [-0.4, -0.2) is 15.0 Å². The van der Waals surface area contributed by atoms with Crippen LogP contribution in [0.1, 0.15) is 25.0 Å². The predicted octanol–water partition coefficient (Wildman–Crippen LogP) is 14.5. The van der Waals surface area contributed by atoms with E-state index < -0.39 is 0 Å². The molecule has 0 aliphatic heterocycles. The highest BCUT2D eigenvalue weighted by molar-refractivity contribution is 6.04. The van der Waals surface area contributed by atoms with Crippen molar-refractivity contribution >= 4 is 21.5 Å². The van der Waals surface area contributed by atoms with E-state index in [4.69, 9.17) is 15.0 Å². The molecule has 1 aliphatic carbocycles. The Bertz CT molecular complexity index is 3240. The monoisotopic (exact) mass is 753 g/mol. The van der Waals surface area contributed by atoms with Crippen LogP contribution in [0.2, 0.25) is 0 Å². The molecular weight excluding hydrogens is 715 g/mol. The second-order valence-electron chi connectivity index (χ2n) is 16.0. The second-order valence-corrected chi connectivity index (χ2v) is 16.0. The molecule has 0 N–H and O–H groups in total. The fourth-order valence-corrected chi connectivity index (χ4v) is 9.11. The summed E-state index contributed by atoms with van der Waals surface area (Å²) < 4.78 is 0. The molecule has 0 bridgehead atoms. The summed E-state index contributed by atoms with van der Waals surface area (Å²) in [4.78, 5) is 15.8. The van der Waals surface area contributed by atoms with E-state index in [0.717, 1.165) is 44.0 Å². The van der Waals surface area contributed by atoms with Gasteiger partial charge < -0.3 is 0 Å². The average Bonchev–Trinajstić information content (AvgIpc) is 3.53. The van der Waals surface area contributed by atoms with Gasteiger partial charge in [0.1, 0.15) is 0 Å². The van der Waals surface area contributed by atoms with Crippen LogP contribution in [0.5, 0.6) is 0 Å². The highest BCUT2D eigenvalue weighted by Crippen LogP contribution is 2.49. The first-order valence-corrected chi connectivity index (χ1v) is 20.3. The van der Waals surface area contributed by atoms with Gasteiger partial charge in [0.05, 0.1) is 0 Å². The van der Waals surface area contributed by atoms with E-state index >= 15 is 0 Å². The molecule has 0 amide bonds. The zero-order valence-corrected chi connectivity index (χ0v) is 32.9. The van der Waals surface area contributed by atoms with Crippen molar-refractivity contribution in [2.45, 2.75) is 19.3 Å². The molecule has 1 aliphatic rings. The number of fused-ring (bicyclic) bond motifs is 5. The van der Waals surface area contributed by atoms with Crippen LogP contribution >= 0.6 is 0 Å². The maximum Gasteiger partial charge on any atom is 0.164 e. The van der Waals surface area contributed by atoms with Gasteiger partial charge in [0.2, 0.25) is 0 Å². The molecule has 0 unspecified atom stereocenters. The Balaban J connectivity index is 1.04. The summed E-state index contributed by atoms with van der Waals surface area (Å²) in [7, 11) is 0. The first-order valence-electron chi connectivity index (χ1n) is 20.3. The topological polar surface area (TPSA) is 38.7 Å². The normalized spacial score (nSPS) is 12.7. The number of benzene rings is 9. The van der Waals surface area contributed by atoms with Gasteiger partial charge in [0, 0.05) is 22.1 Å². The van der Waals surface area contributed by atoms with Gasteiger partial charge in [-0.3, -0.25) is 0 Å². The fourth-order valence-electron chi connectivity index (χ4n) is 9.11. The Hall–Kier alpha value is -7.49. The van der Waals surface area contributed by atoms with E-state index in [1.165, 1.54) is 49.9 Å².